The zero-order chi connectivity index (χ0) is 26.7. The molecule has 0 radical (unpaired) electrons. The topological polar surface area (TPSA) is 93.7 Å². The Morgan fingerprint density at radius 2 is 1.54 bits per heavy atom. The lowest BCUT2D eigenvalue weighted by molar-refractivity contribution is -0.185. The minimum Gasteiger partial charge on any atom is -0.485 e. The Bertz CT molecular complexity index is 1140. The van der Waals surface area contributed by atoms with Gasteiger partial charge in [0.15, 0.2) is 12.4 Å². The summed E-state index contributed by atoms with van der Waals surface area (Å²) in [6.45, 7) is 10.5. The molecular formula is C29H34N2O5Si. The molecule has 2 aliphatic rings. The van der Waals surface area contributed by atoms with E-state index in [2.05, 4.69) is 75.4 Å². The molecular weight excluding hydrogens is 484 g/mol. The van der Waals surface area contributed by atoms with E-state index >= 15 is 0 Å². The summed E-state index contributed by atoms with van der Waals surface area (Å²) >= 11 is 0. The third kappa shape index (κ3) is 5.36. The molecule has 0 bridgehead atoms. The van der Waals surface area contributed by atoms with Gasteiger partial charge in [0.2, 0.25) is 0 Å². The Kier molecular flexibility index (Phi) is 7.89. The predicted molar refractivity (Wildman–Crippen MR) is 141 cm³/mol. The van der Waals surface area contributed by atoms with Crippen LogP contribution in [0, 0.1) is 22.7 Å². The molecule has 0 spiro atoms. The van der Waals surface area contributed by atoms with Gasteiger partial charge in [-0.15, -0.1) is 0 Å². The van der Waals surface area contributed by atoms with Crippen molar-refractivity contribution in [3.63, 3.8) is 0 Å². The average molecular weight is 519 g/mol. The molecule has 4 atom stereocenters. The van der Waals surface area contributed by atoms with Gasteiger partial charge in [0.1, 0.15) is 42.8 Å². The van der Waals surface area contributed by atoms with Gasteiger partial charge in [0, 0.05) is 0 Å². The summed E-state index contributed by atoms with van der Waals surface area (Å²) in [6.07, 6.45) is -0.801. The maximum absolute atomic E-state index is 9.80. The van der Waals surface area contributed by atoms with Crippen molar-refractivity contribution < 1.29 is 23.4 Å². The Balaban J connectivity index is 1.69. The molecule has 2 aromatic rings. The first-order chi connectivity index (χ1) is 17.6. The third-order valence-electron chi connectivity index (χ3n) is 6.82. The Labute approximate surface area is 220 Å². The van der Waals surface area contributed by atoms with Crippen LogP contribution in [0.3, 0.4) is 0 Å². The molecule has 0 aromatic heterocycles. The van der Waals surface area contributed by atoms with Crippen molar-refractivity contribution in [1.29, 1.82) is 10.5 Å². The number of hydrogen-bond acceptors (Lipinski definition) is 7. The molecule has 2 fully saturated rings. The van der Waals surface area contributed by atoms with Gasteiger partial charge in [-0.05, 0) is 29.3 Å². The molecule has 0 saturated carbocycles. The first-order valence-corrected chi connectivity index (χ1v) is 14.4. The molecule has 2 saturated heterocycles. The van der Waals surface area contributed by atoms with Gasteiger partial charge in [-0.3, -0.25) is 0 Å². The molecule has 0 N–H and O–H groups in total. The van der Waals surface area contributed by atoms with Crippen LogP contribution in [-0.4, -0.2) is 51.7 Å². The lowest BCUT2D eigenvalue weighted by atomic mass is 10.0. The normalized spacial score (nSPS) is 25.2. The fourth-order valence-corrected chi connectivity index (χ4v) is 9.93. The number of hydrogen-bond donors (Lipinski definition) is 0. The second kappa shape index (κ2) is 10.8. The molecule has 194 valence electrons. The van der Waals surface area contributed by atoms with Crippen LogP contribution in [0.4, 0.5) is 0 Å². The van der Waals surface area contributed by atoms with Crippen LogP contribution in [-0.2, 0) is 23.4 Å². The van der Waals surface area contributed by atoms with Gasteiger partial charge in [0.05, 0.1) is 12.2 Å². The standard InChI is InChI=1S/C29H34N2O5Si/c1-28(2,3)37(22-12-8-6-9-13-22,23-14-10-7-11-15-23)33-20-24-26-27(36-29(4,5)35-26)25(34-24)21(18-31)19-32-17-16-30/h6-15,19,24-27H,17,20H2,1-5H3/b21-19+/t24-,25?,26-,27+/m1/s1. The van der Waals surface area contributed by atoms with Crippen LogP contribution in [0.1, 0.15) is 34.6 Å². The van der Waals surface area contributed by atoms with E-state index in [0.29, 0.717) is 0 Å². The molecule has 2 aromatic carbocycles. The van der Waals surface area contributed by atoms with E-state index in [-0.39, 0.29) is 23.8 Å². The number of ether oxygens (including phenoxy) is 4. The molecule has 1 unspecified atom stereocenters. The maximum atomic E-state index is 9.80. The van der Waals surface area contributed by atoms with Gasteiger partial charge < -0.3 is 23.4 Å². The second-order valence-electron chi connectivity index (χ2n) is 10.8. The Hall–Kier alpha value is -2.98. The van der Waals surface area contributed by atoms with E-state index in [1.807, 2.05) is 32.0 Å². The quantitative estimate of drug-likeness (QED) is 0.227. The highest BCUT2D eigenvalue weighted by Gasteiger charge is 2.58. The maximum Gasteiger partial charge on any atom is 0.261 e. The molecule has 8 heteroatoms. The van der Waals surface area contributed by atoms with Gasteiger partial charge in [-0.25, -0.2) is 0 Å². The first kappa shape index (κ1) is 27.1. The lowest BCUT2D eigenvalue weighted by Crippen LogP contribution is -2.67. The third-order valence-corrected chi connectivity index (χ3v) is 11.8. The summed E-state index contributed by atoms with van der Waals surface area (Å²) in [4.78, 5) is 0. The number of fused-ring (bicyclic) bond motifs is 1. The zero-order valence-corrected chi connectivity index (χ0v) is 23.0. The summed E-state index contributed by atoms with van der Waals surface area (Å²) in [5.41, 5.74) is 0.250. The minimum absolute atomic E-state index is 0.158. The SMILES string of the molecule is CC1(C)O[C@@H]2[C@@H](CO[Si](c3ccccc3)(c3ccccc3)C(C)(C)C)OC(/C(C#N)=C/OCC#N)[C@@H]2O1. The Morgan fingerprint density at radius 1 is 0.973 bits per heavy atom. The summed E-state index contributed by atoms with van der Waals surface area (Å²) < 4.78 is 31.1. The van der Waals surface area contributed by atoms with Gasteiger partial charge >= 0.3 is 0 Å². The smallest absolute Gasteiger partial charge is 0.261 e. The van der Waals surface area contributed by atoms with Crippen molar-refractivity contribution in [3.8, 4) is 12.1 Å². The molecule has 7 nitrogen and oxygen atoms in total. The van der Waals surface area contributed by atoms with E-state index in [0.717, 1.165) is 0 Å². The van der Waals surface area contributed by atoms with Gasteiger partial charge in [0.25, 0.3) is 8.32 Å². The van der Waals surface area contributed by atoms with Crippen molar-refractivity contribution in [3.05, 3.63) is 72.5 Å². The highest BCUT2D eigenvalue weighted by atomic mass is 28.4. The van der Waals surface area contributed by atoms with Crippen LogP contribution in [0.5, 0.6) is 0 Å². The van der Waals surface area contributed by atoms with E-state index < -0.39 is 38.5 Å². The summed E-state index contributed by atoms with van der Waals surface area (Å²) in [6, 6.07) is 24.9. The van der Waals surface area contributed by atoms with Crippen LogP contribution in [0.15, 0.2) is 72.5 Å². The van der Waals surface area contributed by atoms with Crippen LogP contribution < -0.4 is 10.4 Å². The molecule has 2 aliphatic heterocycles. The number of rotatable bonds is 8. The minimum atomic E-state index is -2.80. The van der Waals surface area contributed by atoms with E-state index in [4.69, 9.17) is 28.6 Å². The van der Waals surface area contributed by atoms with E-state index in [9.17, 15) is 5.26 Å². The monoisotopic (exact) mass is 518 g/mol. The van der Waals surface area contributed by atoms with Crippen LogP contribution in [0.25, 0.3) is 0 Å². The summed E-state index contributed by atoms with van der Waals surface area (Å²) in [7, 11) is -2.80. The fraction of sp³-hybridized carbons (Fsp3) is 0.448. The molecule has 2 heterocycles. The summed E-state index contributed by atoms with van der Waals surface area (Å²) in [5, 5.41) is 20.8. The molecule has 0 amide bonds. The second-order valence-corrected chi connectivity index (χ2v) is 15.1. The van der Waals surface area contributed by atoms with Crippen molar-refractivity contribution in [2.45, 2.75) is 69.9 Å². The highest BCUT2D eigenvalue weighted by Crippen LogP contribution is 2.42. The summed E-state index contributed by atoms with van der Waals surface area (Å²) in [5.74, 6) is -0.832. The number of nitriles is 2. The number of nitrogens with zero attached hydrogens (tertiary/aromatic N) is 2. The van der Waals surface area contributed by atoms with Crippen LogP contribution in [0.2, 0.25) is 5.04 Å². The number of benzene rings is 2. The highest BCUT2D eigenvalue weighted by molar-refractivity contribution is 6.99. The lowest BCUT2D eigenvalue weighted by Gasteiger charge is -2.43. The van der Waals surface area contributed by atoms with Crippen molar-refractivity contribution in [2.75, 3.05) is 13.2 Å². The fourth-order valence-electron chi connectivity index (χ4n) is 5.36. The van der Waals surface area contributed by atoms with Crippen LogP contribution >= 0.6 is 0 Å². The van der Waals surface area contributed by atoms with Gasteiger partial charge in [-0.2, -0.15) is 10.5 Å². The Morgan fingerprint density at radius 3 is 2.05 bits per heavy atom. The molecule has 0 aliphatic carbocycles. The largest absolute Gasteiger partial charge is 0.485 e. The first-order valence-electron chi connectivity index (χ1n) is 12.5. The van der Waals surface area contributed by atoms with E-state index in [1.54, 1.807) is 0 Å². The molecule has 4 rings (SSSR count). The van der Waals surface area contributed by atoms with Crippen molar-refractivity contribution >= 4 is 18.7 Å². The zero-order valence-electron chi connectivity index (χ0n) is 22.0. The van der Waals surface area contributed by atoms with Crippen molar-refractivity contribution in [1.82, 2.24) is 0 Å². The van der Waals surface area contributed by atoms with Crippen molar-refractivity contribution in [2.24, 2.45) is 0 Å². The predicted octanol–water partition coefficient (Wildman–Crippen LogP) is 3.80. The van der Waals surface area contributed by atoms with Gasteiger partial charge in [-0.1, -0.05) is 81.4 Å². The molecule has 37 heavy (non-hydrogen) atoms. The van der Waals surface area contributed by atoms with E-state index in [1.165, 1.54) is 16.6 Å². The average Bonchev–Trinajstić information content (AvgIpc) is 3.36.